The minimum absolute atomic E-state index is 0.0321. The van der Waals surface area contributed by atoms with Crippen molar-refractivity contribution in [2.75, 3.05) is 47.5 Å². The number of nitrogens with zero attached hydrogens (tertiary/aromatic N) is 1. The zero-order valence-corrected chi connectivity index (χ0v) is 52.4. The average Bonchev–Trinajstić information content (AvgIpc) is 3.39. The lowest BCUT2D eigenvalue weighted by molar-refractivity contribution is -0.870. The first kappa shape index (κ1) is 75.0. The first-order chi connectivity index (χ1) is 37.5. The van der Waals surface area contributed by atoms with E-state index in [0.717, 1.165) is 64.2 Å². The van der Waals surface area contributed by atoms with Crippen LogP contribution in [0.3, 0.4) is 0 Å². The number of esters is 2. The number of hydrogen-bond donors (Lipinski definition) is 1. The summed E-state index contributed by atoms with van der Waals surface area (Å²) in [7, 11) is 1.48. The van der Waals surface area contributed by atoms with E-state index >= 15 is 0 Å². The standard InChI is InChI=1S/C67H126NO8P/c1-6-8-10-12-14-16-18-20-21-22-23-24-25-26-27-28-29-30-31-32-33-34-35-36-37-38-39-40-41-42-43-44-45-46-47-48-50-52-54-56-58-60-67(70)76-65(64-75-77(71,72)74-62-61-68(3,4)5)63-73-66(69)59-57-55-53-51-49-19-17-15-13-11-9-7-2/h15,17-18,20,22-23,25-26,65H,6-14,16,19,21,24,27-64H2,1-5H3/p+1/b17-15-,20-18-,23-22-,26-25-. The second-order valence-electron chi connectivity index (χ2n) is 23.5. The van der Waals surface area contributed by atoms with Gasteiger partial charge >= 0.3 is 19.8 Å². The van der Waals surface area contributed by atoms with Crippen LogP contribution in [0.1, 0.15) is 316 Å². The van der Waals surface area contributed by atoms with E-state index in [2.05, 4.69) is 62.5 Å². The lowest BCUT2D eigenvalue weighted by atomic mass is 10.0. The molecule has 0 saturated carbocycles. The number of unbranched alkanes of at least 4 members (excludes halogenated alkanes) is 39. The molecule has 0 amide bonds. The highest BCUT2D eigenvalue weighted by atomic mass is 31.2. The molecule has 0 saturated heterocycles. The maximum Gasteiger partial charge on any atom is 0.472 e. The summed E-state index contributed by atoms with van der Waals surface area (Å²) in [6.07, 6.45) is 75.2. The number of hydrogen-bond acceptors (Lipinski definition) is 7. The Balaban J connectivity index is 3.83. The van der Waals surface area contributed by atoms with Gasteiger partial charge in [-0.1, -0.05) is 274 Å². The van der Waals surface area contributed by atoms with Gasteiger partial charge in [0.2, 0.25) is 0 Å². The molecule has 0 bridgehead atoms. The van der Waals surface area contributed by atoms with Crippen molar-refractivity contribution in [1.29, 1.82) is 0 Å². The van der Waals surface area contributed by atoms with E-state index in [-0.39, 0.29) is 32.0 Å². The van der Waals surface area contributed by atoms with Crippen molar-refractivity contribution in [2.24, 2.45) is 0 Å². The van der Waals surface area contributed by atoms with Crippen molar-refractivity contribution in [3.63, 3.8) is 0 Å². The summed E-state index contributed by atoms with van der Waals surface area (Å²) >= 11 is 0. The number of carbonyl (C=O) groups excluding carboxylic acids is 2. The van der Waals surface area contributed by atoms with Crippen molar-refractivity contribution < 1.29 is 42.1 Å². The molecule has 1 N–H and O–H groups in total. The highest BCUT2D eigenvalue weighted by Gasteiger charge is 2.27. The van der Waals surface area contributed by atoms with Crippen molar-refractivity contribution in [2.45, 2.75) is 322 Å². The Morgan fingerprint density at radius 3 is 1.08 bits per heavy atom. The van der Waals surface area contributed by atoms with Gasteiger partial charge in [0.25, 0.3) is 0 Å². The van der Waals surface area contributed by atoms with Crippen LogP contribution in [0.4, 0.5) is 0 Å². The van der Waals surface area contributed by atoms with Gasteiger partial charge in [-0.2, -0.15) is 0 Å². The van der Waals surface area contributed by atoms with Crippen LogP contribution in [0.15, 0.2) is 48.6 Å². The molecule has 2 atom stereocenters. The van der Waals surface area contributed by atoms with Gasteiger partial charge in [-0.05, 0) is 77.0 Å². The van der Waals surface area contributed by atoms with Crippen LogP contribution in [-0.4, -0.2) is 74.9 Å². The Morgan fingerprint density at radius 2 is 0.701 bits per heavy atom. The van der Waals surface area contributed by atoms with Crippen LogP contribution in [0.5, 0.6) is 0 Å². The molecule has 0 aromatic rings. The molecular formula is C67H127NO8P+. The van der Waals surface area contributed by atoms with Crippen molar-refractivity contribution in [3.05, 3.63) is 48.6 Å². The highest BCUT2D eigenvalue weighted by Crippen LogP contribution is 2.43. The third kappa shape index (κ3) is 63.0. The molecule has 0 aliphatic heterocycles. The Morgan fingerprint density at radius 1 is 0.403 bits per heavy atom. The molecule has 0 aliphatic rings. The van der Waals surface area contributed by atoms with Gasteiger partial charge in [0.15, 0.2) is 6.10 Å². The smallest absolute Gasteiger partial charge is 0.462 e. The predicted molar refractivity (Wildman–Crippen MR) is 330 cm³/mol. The van der Waals surface area contributed by atoms with E-state index in [1.54, 1.807) is 0 Å². The molecule has 0 radical (unpaired) electrons. The van der Waals surface area contributed by atoms with E-state index in [1.165, 1.54) is 218 Å². The zero-order chi connectivity index (χ0) is 56.3. The lowest BCUT2D eigenvalue weighted by Crippen LogP contribution is -2.37. The Labute approximate surface area is 477 Å². The molecule has 452 valence electrons. The molecule has 0 aromatic heterocycles. The third-order valence-corrected chi connectivity index (χ3v) is 15.6. The average molecular weight is 1110 g/mol. The minimum Gasteiger partial charge on any atom is -0.462 e. The number of carbonyl (C=O) groups is 2. The summed E-state index contributed by atoms with van der Waals surface area (Å²) < 4.78 is 34.5. The zero-order valence-electron chi connectivity index (χ0n) is 51.5. The summed E-state index contributed by atoms with van der Waals surface area (Å²) in [4.78, 5) is 35.6. The van der Waals surface area contributed by atoms with Gasteiger partial charge in [0.05, 0.1) is 27.7 Å². The molecule has 77 heavy (non-hydrogen) atoms. The summed E-state index contributed by atoms with van der Waals surface area (Å²) in [6, 6.07) is 0. The van der Waals surface area contributed by atoms with Gasteiger partial charge < -0.3 is 18.9 Å². The number of quaternary nitrogens is 1. The summed E-state index contributed by atoms with van der Waals surface area (Å²) in [6.45, 7) is 4.42. The third-order valence-electron chi connectivity index (χ3n) is 14.6. The topological polar surface area (TPSA) is 108 Å². The summed E-state index contributed by atoms with van der Waals surface area (Å²) in [5.74, 6) is -0.796. The van der Waals surface area contributed by atoms with Crippen LogP contribution in [0, 0.1) is 0 Å². The molecule has 0 aliphatic carbocycles. The highest BCUT2D eigenvalue weighted by molar-refractivity contribution is 7.47. The second kappa shape index (κ2) is 58.6. The number of phosphoric acid groups is 1. The van der Waals surface area contributed by atoms with Crippen molar-refractivity contribution in [3.8, 4) is 0 Å². The Bertz CT molecular complexity index is 1440. The molecule has 0 fully saturated rings. The normalized spacial score (nSPS) is 13.5. The van der Waals surface area contributed by atoms with Crippen LogP contribution in [0.2, 0.25) is 0 Å². The van der Waals surface area contributed by atoms with E-state index < -0.39 is 26.5 Å². The van der Waals surface area contributed by atoms with Crippen LogP contribution < -0.4 is 0 Å². The van der Waals surface area contributed by atoms with E-state index in [9.17, 15) is 19.0 Å². The van der Waals surface area contributed by atoms with Gasteiger partial charge in [0.1, 0.15) is 19.8 Å². The maximum atomic E-state index is 12.8. The SMILES string of the molecule is CCCCC/C=C\CCCCCCCC(=O)OCC(COP(=O)(O)OCC[N+](C)(C)C)OC(=O)CCCCCCCCCCCCCCCCCCCCCCCCCCCC/C=C\C/C=C\C/C=C\CCCCCCC. The number of allylic oxidation sites excluding steroid dienone is 8. The minimum atomic E-state index is -4.38. The van der Waals surface area contributed by atoms with Crippen LogP contribution in [-0.2, 0) is 32.7 Å². The number of likely N-dealkylation sites (N-methyl/N-ethyl adjacent to an activating group) is 1. The van der Waals surface area contributed by atoms with Gasteiger partial charge in [-0.15, -0.1) is 0 Å². The van der Waals surface area contributed by atoms with Crippen molar-refractivity contribution >= 4 is 19.8 Å². The fourth-order valence-electron chi connectivity index (χ4n) is 9.49. The molecule has 0 heterocycles. The van der Waals surface area contributed by atoms with E-state index in [0.29, 0.717) is 17.4 Å². The molecule has 0 rings (SSSR count). The van der Waals surface area contributed by atoms with Gasteiger partial charge in [-0.25, -0.2) is 4.57 Å². The van der Waals surface area contributed by atoms with Crippen LogP contribution >= 0.6 is 7.82 Å². The van der Waals surface area contributed by atoms with E-state index in [1.807, 2.05) is 21.1 Å². The van der Waals surface area contributed by atoms with E-state index in [4.69, 9.17) is 18.5 Å². The monoisotopic (exact) mass is 1100 g/mol. The number of phosphoric ester groups is 1. The van der Waals surface area contributed by atoms with Crippen molar-refractivity contribution in [1.82, 2.24) is 0 Å². The molecule has 10 heteroatoms. The fourth-order valence-corrected chi connectivity index (χ4v) is 10.2. The van der Waals surface area contributed by atoms with Crippen LogP contribution in [0.25, 0.3) is 0 Å². The largest absolute Gasteiger partial charge is 0.472 e. The summed E-state index contributed by atoms with van der Waals surface area (Å²) in [5.41, 5.74) is 0. The number of ether oxygens (including phenoxy) is 2. The van der Waals surface area contributed by atoms with Gasteiger partial charge in [-0.3, -0.25) is 18.6 Å². The molecular weight excluding hydrogens is 978 g/mol. The molecule has 2 unspecified atom stereocenters. The Hall–Kier alpha value is -2.03. The Kier molecular flexibility index (Phi) is 57.1. The van der Waals surface area contributed by atoms with Gasteiger partial charge in [0, 0.05) is 12.8 Å². The first-order valence-electron chi connectivity index (χ1n) is 32.9. The molecule has 9 nitrogen and oxygen atoms in total. The predicted octanol–water partition coefficient (Wildman–Crippen LogP) is 20.9. The first-order valence-corrected chi connectivity index (χ1v) is 34.4. The number of rotatable bonds is 61. The fraction of sp³-hybridized carbons (Fsp3) is 0.851. The second-order valence-corrected chi connectivity index (χ2v) is 25.0. The quantitative estimate of drug-likeness (QED) is 0.0211. The lowest BCUT2D eigenvalue weighted by Gasteiger charge is -2.24. The maximum absolute atomic E-state index is 12.8. The molecule has 0 aromatic carbocycles. The summed E-state index contributed by atoms with van der Waals surface area (Å²) in [5, 5.41) is 0. The molecule has 0 spiro atoms.